The van der Waals surface area contributed by atoms with Gasteiger partial charge in [-0.2, -0.15) is 0 Å². The number of amides is 1. The quantitative estimate of drug-likeness (QED) is 0.665. The predicted molar refractivity (Wildman–Crippen MR) is 87.0 cm³/mol. The Bertz CT molecular complexity index is 594. The lowest BCUT2D eigenvalue weighted by Crippen LogP contribution is -2.25. The number of rotatable bonds is 3. The molecule has 2 rings (SSSR count). The Labute approximate surface area is 137 Å². The zero-order valence-electron chi connectivity index (χ0n) is 9.99. The van der Waals surface area contributed by atoms with Crippen LogP contribution < -0.4 is 0 Å². The van der Waals surface area contributed by atoms with Gasteiger partial charge in [-0.3, -0.25) is 4.79 Å². The van der Waals surface area contributed by atoms with Gasteiger partial charge in [0.2, 0.25) is 0 Å². The Morgan fingerprint density at radius 2 is 1.89 bits per heavy atom. The van der Waals surface area contributed by atoms with Crippen molar-refractivity contribution in [2.24, 2.45) is 0 Å². The number of halogens is 3. The molecule has 2 aromatic rings. The second kappa shape index (κ2) is 6.39. The van der Waals surface area contributed by atoms with Crippen LogP contribution in [-0.4, -0.2) is 17.9 Å². The van der Waals surface area contributed by atoms with Crippen molar-refractivity contribution in [1.29, 1.82) is 0 Å². The summed E-state index contributed by atoms with van der Waals surface area (Å²) in [4.78, 5) is 15.1. The Morgan fingerprint density at radius 3 is 2.42 bits per heavy atom. The summed E-state index contributed by atoms with van der Waals surface area (Å²) in [7, 11) is 1.78. The van der Waals surface area contributed by atoms with Gasteiger partial charge in [0.25, 0.3) is 5.91 Å². The monoisotopic (exact) mass is 421 g/mol. The van der Waals surface area contributed by atoms with Gasteiger partial charge in [-0.15, -0.1) is 11.3 Å². The summed E-state index contributed by atoms with van der Waals surface area (Å²) in [5.74, 6) is -0.0217. The molecule has 0 unspecified atom stereocenters. The van der Waals surface area contributed by atoms with Gasteiger partial charge in [0.15, 0.2) is 0 Å². The highest BCUT2D eigenvalue weighted by Crippen LogP contribution is 2.24. The zero-order chi connectivity index (χ0) is 14.0. The molecule has 0 aliphatic rings. The van der Waals surface area contributed by atoms with Gasteiger partial charge in [0.1, 0.15) is 0 Å². The minimum atomic E-state index is -0.0217. The van der Waals surface area contributed by atoms with E-state index in [1.165, 1.54) is 11.3 Å². The van der Waals surface area contributed by atoms with Crippen LogP contribution in [0, 0.1) is 0 Å². The molecule has 0 fully saturated rings. The molecule has 0 atom stereocenters. The lowest BCUT2D eigenvalue weighted by molar-refractivity contribution is 0.0786. The van der Waals surface area contributed by atoms with Gasteiger partial charge in [-0.05, 0) is 30.3 Å². The highest BCUT2D eigenvalue weighted by Gasteiger charge is 2.14. The fourth-order valence-corrected chi connectivity index (χ4v) is 4.07. The van der Waals surface area contributed by atoms with Gasteiger partial charge in [-0.1, -0.05) is 43.5 Å². The van der Waals surface area contributed by atoms with Gasteiger partial charge in [0.05, 0.1) is 10.9 Å². The molecule has 0 saturated heterocycles. The fraction of sp³-hybridized carbons (Fsp3) is 0.154. The Hall–Kier alpha value is -0.360. The highest BCUT2D eigenvalue weighted by atomic mass is 79.9. The molecule has 0 saturated carbocycles. The van der Waals surface area contributed by atoms with E-state index in [4.69, 9.17) is 11.6 Å². The maximum absolute atomic E-state index is 12.3. The van der Waals surface area contributed by atoms with E-state index in [1.54, 1.807) is 11.9 Å². The molecule has 0 aliphatic heterocycles. The number of thiophene rings is 1. The number of carbonyl (C=O) groups is 1. The molecule has 1 aromatic carbocycles. The molecule has 1 aromatic heterocycles. The summed E-state index contributed by atoms with van der Waals surface area (Å²) >= 11 is 14.1. The minimum absolute atomic E-state index is 0.0217. The third kappa shape index (κ3) is 4.05. The predicted octanol–water partition coefficient (Wildman–Crippen LogP) is 5.20. The largest absolute Gasteiger partial charge is 0.337 e. The number of hydrogen-bond donors (Lipinski definition) is 0. The fourth-order valence-electron chi connectivity index (χ4n) is 1.64. The average molecular weight is 424 g/mol. The van der Waals surface area contributed by atoms with Crippen LogP contribution in [0.1, 0.15) is 15.2 Å². The van der Waals surface area contributed by atoms with Gasteiger partial charge >= 0.3 is 0 Å². The molecule has 19 heavy (non-hydrogen) atoms. The number of nitrogens with zero attached hydrogens (tertiary/aromatic N) is 1. The zero-order valence-corrected chi connectivity index (χ0v) is 14.7. The second-order valence-electron chi connectivity index (χ2n) is 4.03. The molecule has 2 nitrogen and oxygen atoms in total. The molecule has 0 radical (unpaired) electrons. The molecule has 0 spiro atoms. The maximum atomic E-state index is 12.3. The maximum Gasteiger partial charge on any atom is 0.254 e. The Kier molecular flexibility index (Phi) is 5.06. The van der Waals surface area contributed by atoms with Crippen LogP contribution in [0.25, 0.3) is 0 Å². The van der Waals surface area contributed by atoms with Gasteiger partial charge < -0.3 is 4.90 Å². The number of benzene rings is 1. The standard InChI is InChI=1S/C13H10Br2ClNOS/c1-17(7-11-2-3-12(16)19-11)13(18)8-4-9(14)6-10(15)5-8/h2-6H,7H2,1H3. The molecule has 0 bridgehead atoms. The van der Waals surface area contributed by atoms with Crippen molar-refractivity contribution in [1.82, 2.24) is 4.90 Å². The topological polar surface area (TPSA) is 20.3 Å². The molecule has 1 heterocycles. The number of hydrogen-bond acceptors (Lipinski definition) is 2. The average Bonchev–Trinajstić information content (AvgIpc) is 2.72. The normalized spacial score (nSPS) is 10.5. The van der Waals surface area contributed by atoms with Crippen molar-refractivity contribution < 1.29 is 4.79 Å². The Morgan fingerprint density at radius 1 is 1.26 bits per heavy atom. The van der Waals surface area contributed by atoms with Crippen LogP contribution in [0.15, 0.2) is 39.3 Å². The van der Waals surface area contributed by atoms with E-state index < -0.39 is 0 Å². The van der Waals surface area contributed by atoms with Crippen molar-refractivity contribution in [3.8, 4) is 0 Å². The van der Waals surface area contributed by atoms with E-state index in [-0.39, 0.29) is 5.91 Å². The second-order valence-corrected chi connectivity index (χ2v) is 7.66. The molecule has 0 aliphatic carbocycles. The number of carbonyl (C=O) groups excluding carboxylic acids is 1. The summed E-state index contributed by atoms with van der Waals surface area (Å²) in [6.07, 6.45) is 0. The van der Waals surface area contributed by atoms with Crippen molar-refractivity contribution in [2.75, 3.05) is 7.05 Å². The van der Waals surface area contributed by atoms with E-state index in [0.717, 1.165) is 18.2 Å². The molecular weight excluding hydrogens is 413 g/mol. The van der Waals surface area contributed by atoms with Crippen LogP contribution >= 0.6 is 54.8 Å². The van der Waals surface area contributed by atoms with Gasteiger partial charge in [0, 0.05) is 26.4 Å². The van der Waals surface area contributed by atoms with Crippen LogP contribution in [-0.2, 0) is 6.54 Å². The van der Waals surface area contributed by atoms with Crippen molar-refractivity contribution >= 4 is 60.7 Å². The third-order valence-electron chi connectivity index (χ3n) is 2.48. The first-order valence-corrected chi connectivity index (χ1v) is 8.19. The lowest BCUT2D eigenvalue weighted by atomic mass is 10.2. The van der Waals surface area contributed by atoms with E-state index in [0.29, 0.717) is 12.1 Å². The van der Waals surface area contributed by atoms with Crippen LogP contribution in [0.3, 0.4) is 0 Å². The summed E-state index contributed by atoms with van der Waals surface area (Å²) in [5.41, 5.74) is 0.645. The first-order chi connectivity index (χ1) is 8.95. The van der Waals surface area contributed by atoms with Crippen molar-refractivity contribution in [3.05, 3.63) is 54.1 Å². The summed E-state index contributed by atoms with van der Waals surface area (Å²) in [6, 6.07) is 9.30. The first kappa shape index (κ1) is 15.0. The van der Waals surface area contributed by atoms with Crippen molar-refractivity contribution in [2.45, 2.75) is 6.54 Å². The van der Waals surface area contributed by atoms with E-state index >= 15 is 0 Å². The third-order valence-corrected chi connectivity index (χ3v) is 4.61. The molecule has 0 N–H and O–H groups in total. The smallest absolute Gasteiger partial charge is 0.254 e. The molecule has 6 heteroatoms. The summed E-state index contributed by atoms with van der Waals surface area (Å²) < 4.78 is 2.48. The van der Waals surface area contributed by atoms with Crippen LogP contribution in [0.4, 0.5) is 0 Å². The summed E-state index contributed by atoms with van der Waals surface area (Å²) in [6.45, 7) is 0.556. The molecular formula is C13H10Br2ClNOS. The van der Waals surface area contributed by atoms with Crippen LogP contribution in [0.5, 0.6) is 0 Å². The lowest BCUT2D eigenvalue weighted by Gasteiger charge is -2.16. The first-order valence-electron chi connectivity index (χ1n) is 5.41. The van der Waals surface area contributed by atoms with E-state index in [9.17, 15) is 4.79 Å². The minimum Gasteiger partial charge on any atom is -0.337 e. The Balaban J connectivity index is 2.14. The van der Waals surface area contributed by atoms with Gasteiger partial charge in [-0.25, -0.2) is 0 Å². The molecule has 100 valence electrons. The van der Waals surface area contributed by atoms with E-state index in [1.807, 2.05) is 30.3 Å². The SMILES string of the molecule is CN(Cc1ccc(Cl)s1)C(=O)c1cc(Br)cc(Br)c1. The molecule has 1 amide bonds. The van der Waals surface area contributed by atoms with Crippen molar-refractivity contribution in [3.63, 3.8) is 0 Å². The van der Waals surface area contributed by atoms with Crippen LogP contribution in [0.2, 0.25) is 4.34 Å². The highest BCUT2D eigenvalue weighted by molar-refractivity contribution is 9.11. The summed E-state index contributed by atoms with van der Waals surface area (Å²) in [5, 5.41) is 0. The van der Waals surface area contributed by atoms with E-state index in [2.05, 4.69) is 31.9 Å².